The zero-order valence-electron chi connectivity index (χ0n) is 9.61. The first-order chi connectivity index (χ1) is 8.04. The quantitative estimate of drug-likeness (QED) is 0.866. The molecule has 0 spiro atoms. The van der Waals surface area contributed by atoms with Gasteiger partial charge < -0.3 is 5.32 Å². The highest BCUT2D eigenvalue weighted by atomic mass is 32.2. The van der Waals surface area contributed by atoms with Crippen LogP contribution in [0.4, 0.5) is 10.1 Å². The summed E-state index contributed by atoms with van der Waals surface area (Å²) in [5.41, 5.74) is 1.38. The second kappa shape index (κ2) is 4.62. The number of benzene rings is 1. The number of nitrogens with zero attached hydrogens (tertiary/aromatic N) is 1. The standard InChI is InChI=1S/C11H15FN2O2S/c1-13-5-7-17(15,16)14-6-4-9-2-3-10(12)8-11(9)14/h2-3,8,13H,4-7H2,1H3. The molecular weight excluding hydrogens is 243 g/mol. The molecule has 1 heterocycles. The van der Waals surface area contributed by atoms with Crippen LogP contribution in [0.15, 0.2) is 18.2 Å². The van der Waals surface area contributed by atoms with E-state index in [4.69, 9.17) is 0 Å². The molecule has 1 aliphatic rings. The molecule has 6 heteroatoms. The molecule has 0 fully saturated rings. The van der Waals surface area contributed by atoms with E-state index in [-0.39, 0.29) is 5.75 Å². The summed E-state index contributed by atoms with van der Waals surface area (Å²) in [6.45, 7) is 0.800. The van der Waals surface area contributed by atoms with Crippen molar-refractivity contribution in [2.45, 2.75) is 6.42 Å². The van der Waals surface area contributed by atoms with Crippen molar-refractivity contribution >= 4 is 15.7 Å². The first-order valence-electron chi connectivity index (χ1n) is 5.48. The van der Waals surface area contributed by atoms with Crippen LogP contribution in [0.3, 0.4) is 0 Å². The molecule has 1 aromatic carbocycles. The minimum absolute atomic E-state index is 0.0272. The van der Waals surface area contributed by atoms with Crippen LogP contribution in [-0.4, -0.2) is 34.3 Å². The third kappa shape index (κ3) is 2.42. The van der Waals surface area contributed by atoms with Crippen molar-refractivity contribution < 1.29 is 12.8 Å². The summed E-state index contributed by atoms with van der Waals surface area (Å²) in [6, 6.07) is 4.31. The number of anilines is 1. The minimum Gasteiger partial charge on any atom is -0.319 e. The fraction of sp³-hybridized carbons (Fsp3) is 0.455. The summed E-state index contributed by atoms with van der Waals surface area (Å²) < 4.78 is 38.5. The van der Waals surface area contributed by atoms with Crippen molar-refractivity contribution in [1.82, 2.24) is 5.32 Å². The fourth-order valence-electron chi connectivity index (χ4n) is 1.95. The summed E-state index contributed by atoms with van der Waals surface area (Å²) in [5, 5.41) is 2.80. The normalized spacial score (nSPS) is 15.1. The number of fused-ring (bicyclic) bond motifs is 1. The van der Waals surface area contributed by atoms with Gasteiger partial charge in [-0.25, -0.2) is 12.8 Å². The van der Waals surface area contributed by atoms with Gasteiger partial charge in [-0.15, -0.1) is 0 Å². The molecule has 4 nitrogen and oxygen atoms in total. The molecule has 0 saturated carbocycles. The van der Waals surface area contributed by atoms with E-state index in [0.717, 1.165) is 5.56 Å². The number of hydrogen-bond acceptors (Lipinski definition) is 3. The highest BCUT2D eigenvalue weighted by Gasteiger charge is 2.29. The molecule has 0 amide bonds. The molecule has 1 aliphatic heterocycles. The molecule has 0 aliphatic carbocycles. The number of hydrogen-bond donors (Lipinski definition) is 1. The van der Waals surface area contributed by atoms with E-state index in [9.17, 15) is 12.8 Å². The molecule has 0 radical (unpaired) electrons. The Kier molecular flexibility index (Phi) is 3.35. The molecule has 0 bridgehead atoms. The molecular formula is C11H15FN2O2S. The molecule has 17 heavy (non-hydrogen) atoms. The zero-order chi connectivity index (χ0) is 12.5. The summed E-state index contributed by atoms with van der Waals surface area (Å²) in [4.78, 5) is 0. The Labute approximate surface area is 100 Å². The summed E-state index contributed by atoms with van der Waals surface area (Å²) >= 11 is 0. The molecule has 0 unspecified atom stereocenters. The molecule has 1 aromatic rings. The highest BCUT2D eigenvalue weighted by molar-refractivity contribution is 7.92. The number of sulfonamides is 1. The first kappa shape index (κ1) is 12.3. The average molecular weight is 258 g/mol. The van der Waals surface area contributed by atoms with Gasteiger partial charge in [0.1, 0.15) is 5.82 Å². The van der Waals surface area contributed by atoms with Gasteiger partial charge in [0.05, 0.1) is 11.4 Å². The minimum atomic E-state index is -3.35. The van der Waals surface area contributed by atoms with Crippen LogP contribution in [-0.2, 0) is 16.4 Å². The third-order valence-electron chi connectivity index (χ3n) is 2.85. The summed E-state index contributed by atoms with van der Waals surface area (Å²) in [6.07, 6.45) is 0.647. The Morgan fingerprint density at radius 2 is 2.24 bits per heavy atom. The number of halogens is 1. The fourth-order valence-corrected chi connectivity index (χ4v) is 3.47. The Hall–Kier alpha value is -1.14. The molecule has 1 N–H and O–H groups in total. The van der Waals surface area contributed by atoms with Gasteiger partial charge in [0, 0.05) is 13.1 Å². The van der Waals surface area contributed by atoms with Crippen LogP contribution in [0.1, 0.15) is 5.56 Å². The SMILES string of the molecule is CNCCS(=O)(=O)N1CCc2ccc(F)cc21. The van der Waals surface area contributed by atoms with Crippen molar-refractivity contribution in [1.29, 1.82) is 0 Å². The van der Waals surface area contributed by atoms with Crippen LogP contribution in [0, 0.1) is 5.82 Å². The largest absolute Gasteiger partial charge is 0.319 e. The van der Waals surface area contributed by atoms with Crippen molar-refractivity contribution in [3.63, 3.8) is 0 Å². The lowest BCUT2D eigenvalue weighted by atomic mass is 10.2. The molecule has 0 atom stereocenters. The first-order valence-corrected chi connectivity index (χ1v) is 7.09. The van der Waals surface area contributed by atoms with E-state index < -0.39 is 15.8 Å². The third-order valence-corrected chi connectivity index (χ3v) is 4.62. The van der Waals surface area contributed by atoms with Crippen molar-refractivity contribution in [3.05, 3.63) is 29.6 Å². The van der Waals surface area contributed by atoms with Gasteiger partial charge in [0.2, 0.25) is 10.0 Å². The van der Waals surface area contributed by atoms with Crippen molar-refractivity contribution in [3.8, 4) is 0 Å². The predicted molar refractivity (Wildman–Crippen MR) is 65.2 cm³/mol. The second-order valence-electron chi connectivity index (χ2n) is 4.01. The van der Waals surface area contributed by atoms with E-state index in [0.29, 0.717) is 25.2 Å². The predicted octanol–water partition coefficient (Wildman–Crippen LogP) is 0.737. The van der Waals surface area contributed by atoms with E-state index in [1.165, 1.54) is 16.4 Å². The second-order valence-corrected chi connectivity index (χ2v) is 6.03. The van der Waals surface area contributed by atoms with E-state index in [1.807, 2.05) is 0 Å². The molecule has 2 rings (SSSR count). The van der Waals surface area contributed by atoms with E-state index in [2.05, 4.69) is 5.32 Å². The van der Waals surface area contributed by atoms with Gasteiger partial charge in [-0.2, -0.15) is 0 Å². The van der Waals surface area contributed by atoms with Gasteiger partial charge >= 0.3 is 0 Å². The van der Waals surface area contributed by atoms with E-state index >= 15 is 0 Å². The van der Waals surface area contributed by atoms with Crippen LogP contribution >= 0.6 is 0 Å². The monoisotopic (exact) mass is 258 g/mol. The lowest BCUT2D eigenvalue weighted by Crippen LogP contribution is -2.34. The Morgan fingerprint density at radius 1 is 1.47 bits per heavy atom. The summed E-state index contributed by atoms with van der Waals surface area (Å²) in [5.74, 6) is -0.376. The smallest absolute Gasteiger partial charge is 0.236 e. The average Bonchev–Trinajstić information content (AvgIpc) is 2.70. The van der Waals surface area contributed by atoms with Crippen LogP contribution < -0.4 is 9.62 Å². The highest BCUT2D eigenvalue weighted by Crippen LogP contribution is 2.30. The number of rotatable bonds is 4. The van der Waals surface area contributed by atoms with Gasteiger partial charge in [0.15, 0.2) is 0 Å². The van der Waals surface area contributed by atoms with Gasteiger partial charge in [0.25, 0.3) is 0 Å². The molecule has 94 valence electrons. The van der Waals surface area contributed by atoms with Crippen LogP contribution in [0.2, 0.25) is 0 Å². The molecule has 0 saturated heterocycles. The van der Waals surface area contributed by atoms with Gasteiger partial charge in [-0.3, -0.25) is 4.31 Å². The maximum atomic E-state index is 13.1. The Bertz CT molecular complexity index is 516. The van der Waals surface area contributed by atoms with Crippen molar-refractivity contribution in [2.24, 2.45) is 0 Å². The summed E-state index contributed by atoms with van der Waals surface area (Å²) in [7, 11) is -1.65. The lowest BCUT2D eigenvalue weighted by molar-refractivity contribution is 0.589. The van der Waals surface area contributed by atoms with Crippen LogP contribution in [0.5, 0.6) is 0 Å². The van der Waals surface area contributed by atoms with Gasteiger partial charge in [-0.05, 0) is 31.2 Å². The lowest BCUT2D eigenvalue weighted by Gasteiger charge is -2.19. The van der Waals surface area contributed by atoms with Crippen LogP contribution in [0.25, 0.3) is 0 Å². The van der Waals surface area contributed by atoms with Crippen molar-refractivity contribution in [2.75, 3.05) is 30.2 Å². The topological polar surface area (TPSA) is 49.4 Å². The van der Waals surface area contributed by atoms with Gasteiger partial charge in [-0.1, -0.05) is 6.07 Å². The zero-order valence-corrected chi connectivity index (χ0v) is 10.4. The van der Waals surface area contributed by atoms with E-state index in [1.54, 1.807) is 13.1 Å². The molecule has 0 aromatic heterocycles. The Balaban J connectivity index is 2.30. The number of nitrogens with one attached hydrogen (secondary N) is 1. The maximum Gasteiger partial charge on any atom is 0.236 e. The Morgan fingerprint density at radius 3 is 2.94 bits per heavy atom. The maximum absolute atomic E-state index is 13.1.